The highest BCUT2D eigenvalue weighted by atomic mass is 35.5. The molecule has 3 aromatic rings. The van der Waals surface area contributed by atoms with Gasteiger partial charge in [-0.05, 0) is 43.2 Å². The van der Waals surface area contributed by atoms with Crippen molar-refractivity contribution >= 4 is 34.3 Å². The number of rotatable bonds is 4. The van der Waals surface area contributed by atoms with Crippen molar-refractivity contribution in [1.29, 1.82) is 0 Å². The highest BCUT2D eigenvalue weighted by Gasteiger charge is 2.21. The molecule has 4 rings (SSSR count). The van der Waals surface area contributed by atoms with Crippen molar-refractivity contribution < 1.29 is 14.6 Å². The van der Waals surface area contributed by atoms with E-state index in [1.165, 1.54) is 0 Å². The van der Waals surface area contributed by atoms with E-state index >= 15 is 0 Å². The average molecular weight is 400 g/mol. The molecule has 28 heavy (non-hydrogen) atoms. The molecule has 0 atom stereocenters. The van der Waals surface area contributed by atoms with Crippen molar-refractivity contribution in [3.8, 4) is 0 Å². The van der Waals surface area contributed by atoms with Crippen LogP contribution in [0.1, 0.15) is 27.3 Å². The predicted octanol–water partition coefficient (Wildman–Crippen LogP) is 3.89. The van der Waals surface area contributed by atoms with E-state index < -0.39 is 5.97 Å². The summed E-state index contributed by atoms with van der Waals surface area (Å²) in [6, 6.07) is 9.60. The molecule has 1 aromatic heterocycles. The number of carbonyl (C=O) groups is 1. The molecule has 7 heteroatoms. The normalized spacial score (nSPS) is 14.6. The minimum absolute atomic E-state index is 0.226. The molecule has 0 radical (unpaired) electrons. The summed E-state index contributed by atoms with van der Waals surface area (Å²) in [5, 5.41) is 10.5. The van der Waals surface area contributed by atoms with Gasteiger partial charge < -0.3 is 19.3 Å². The molecule has 2 heterocycles. The first-order valence-corrected chi connectivity index (χ1v) is 9.64. The van der Waals surface area contributed by atoms with E-state index in [1.54, 1.807) is 6.07 Å². The number of fused-ring (bicyclic) bond motifs is 1. The zero-order chi connectivity index (χ0) is 19.8. The van der Waals surface area contributed by atoms with Gasteiger partial charge in [0.15, 0.2) is 0 Å². The van der Waals surface area contributed by atoms with Gasteiger partial charge in [0.2, 0.25) is 0 Å². The van der Waals surface area contributed by atoms with Crippen LogP contribution in [0.5, 0.6) is 0 Å². The van der Waals surface area contributed by atoms with Crippen molar-refractivity contribution in [2.24, 2.45) is 0 Å². The average Bonchev–Trinajstić information content (AvgIpc) is 3.00. The third-order valence-corrected chi connectivity index (χ3v) is 5.75. The van der Waals surface area contributed by atoms with E-state index in [-0.39, 0.29) is 5.56 Å². The zero-order valence-electron chi connectivity index (χ0n) is 15.9. The Kier molecular flexibility index (Phi) is 5.00. The van der Waals surface area contributed by atoms with Gasteiger partial charge in [-0.25, -0.2) is 9.78 Å². The Morgan fingerprint density at radius 2 is 2.00 bits per heavy atom. The summed E-state index contributed by atoms with van der Waals surface area (Å²) in [5.74, 6) is -0.195. The van der Waals surface area contributed by atoms with Crippen LogP contribution < -0.4 is 4.90 Å². The standard InChI is InChI=1S/C21H22ClN3O3/c1-13-15(4-3-5-18(13)22)12-25-14(2)23-20-17(21(26)27)10-16(11-19(20)25)24-6-8-28-9-7-24/h3-5,10-11H,6-9,12H2,1-2H3,(H,26,27). The molecule has 0 amide bonds. The van der Waals surface area contributed by atoms with Crippen LogP contribution in [0.25, 0.3) is 11.0 Å². The van der Waals surface area contributed by atoms with E-state index in [2.05, 4.69) is 14.5 Å². The first-order chi connectivity index (χ1) is 13.5. The monoisotopic (exact) mass is 399 g/mol. The van der Waals surface area contributed by atoms with Crippen LogP contribution in [0.15, 0.2) is 30.3 Å². The van der Waals surface area contributed by atoms with Crippen molar-refractivity contribution in [3.05, 3.63) is 57.9 Å². The Morgan fingerprint density at radius 1 is 1.25 bits per heavy atom. The summed E-state index contributed by atoms with van der Waals surface area (Å²) >= 11 is 6.28. The second-order valence-corrected chi connectivity index (χ2v) is 7.44. The van der Waals surface area contributed by atoms with Crippen LogP contribution in [0.2, 0.25) is 5.02 Å². The van der Waals surface area contributed by atoms with Crippen LogP contribution in [0.3, 0.4) is 0 Å². The summed E-state index contributed by atoms with van der Waals surface area (Å²) in [7, 11) is 0. The number of imidazole rings is 1. The smallest absolute Gasteiger partial charge is 0.338 e. The number of aromatic carboxylic acids is 1. The third kappa shape index (κ3) is 3.34. The maximum Gasteiger partial charge on any atom is 0.338 e. The van der Waals surface area contributed by atoms with Gasteiger partial charge in [-0.15, -0.1) is 0 Å². The summed E-state index contributed by atoms with van der Waals surface area (Å²) < 4.78 is 7.49. The number of aromatic nitrogens is 2. The van der Waals surface area contributed by atoms with Crippen molar-refractivity contribution in [3.63, 3.8) is 0 Å². The minimum Gasteiger partial charge on any atom is -0.478 e. The number of carboxylic acids is 1. The quantitative estimate of drug-likeness (QED) is 0.720. The lowest BCUT2D eigenvalue weighted by molar-refractivity contribution is 0.0699. The van der Waals surface area contributed by atoms with E-state index in [4.69, 9.17) is 16.3 Å². The number of ether oxygens (including phenoxy) is 1. The molecule has 0 saturated carbocycles. The Hall–Kier alpha value is -2.57. The fourth-order valence-electron chi connectivity index (χ4n) is 3.68. The van der Waals surface area contributed by atoms with E-state index in [1.807, 2.05) is 38.1 Å². The second-order valence-electron chi connectivity index (χ2n) is 7.03. The minimum atomic E-state index is -0.969. The van der Waals surface area contributed by atoms with Crippen LogP contribution >= 0.6 is 11.6 Å². The van der Waals surface area contributed by atoms with Gasteiger partial charge in [0.1, 0.15) is 11.3 Å². The highest BCUT2D eigenvalue weighted by molar-refractivity contribution is 6.31. The highest BCUT2D eigenvalue weighted by Crippen LogP contribution is 2.29. The predicted molar refractivity (Wildman–Crippen MR) is 110 cm³/mol. The van der Waals surface area contributed by atoms with Gasteiger partial charge >= 0.3 is 5.97 Å². The number of carboxylic acid groups (broad SMARTS) is 1. The first-order valence-electron chi connectivity index (χ1n) is 9.26. The maximum absolute atomic E-state index is 11.9. The van der Waals surface area contributed by atoms with E-state index in [9.17, 15) is 9.90 Å². The van der Waals surface area contributed by atoms with E-state index in [0.29, 0.717) is 25.3 Å². The fraction of sp³-hybridized carbons (Fsp3) is 0.333. The van der Waals surface area contributed by atoms with E-state index in [0.717, 1.165) is 46.3 Å². The molecule has 146 valence electrons. The van der Waals surface area contributed by atoms with Crippen LogP contribution in [0, 0.1) is 13.8 Å². The Bertz CT molecular complexity index is 1050. The molecular formula is C21H22ClN3O3. The summed E-state index contributed by atoms with van der Waals surface area (Å²) in [4.78, 5) is 18.7. The summed E-state index contributed by atoms with van der Waals surface area (Å²) in [5.41, 5.74) is 4.55. The van der Waals surface area contributed by atoms with Crippen LogP contribution in [-0.4, -0.2) is 46.9 Å². The van der Waals surface area contributed by atoms with Crippen molar-refractivity contribution in [2.45, 2.75) is 20.4 Å². The van der Waals surface area contributed by atoms with Gasteiger partial charge in [0.25, 0.3) is 0 Å². The van der Waals surface area contributed by atoms with Crippen molar-refractivity contribution in [1.82, 2.24) is 9.55 Å². The lowest BCUT2D eigenvalue weighted by atomic mass is 10.1. The first kappa shape index (κ1) is 18.8. The fourth-order valence-corrected chi connectivity index (χ4v) is 3.88. The molecular weight excluding hydrogens is 378 g/mol. The topological polar surface area (TPSA) is 67.6 Å². The number of anilines is 1. The lowest BCUT2D eigenvalue weighted by Crippen LogP contribution is -2.36. The summed E-state index contributed by atoms with van der Waals surface area (Å²) in [6.07, 6.45) is 0. The van der Waals surface area contributed by atoms with Crippen LogP contribution in [0.4, 0.5) is 5.69 Å². The third-order valence-electron chi connectivity index (χ3n) is 5.34. The second kappa shape index (κ2) is 7.45. The van der Waals surface area contributed by atoms with Gasteiger partial charge in [0, 0.05) is 30.3 Å². The van der Waals surface area contributed by atoms with Gasteiger partial charge in [0.05, 0.1) is 24.3 Å². The Labute approximate surface area is 168 Å². The number of halogens is 1. The largest absolute Gasteiger partial charge is 0.478 e. The SMILES string of the molecule is Cc1c(Cl)cccc1Cn1c(C)nc2c(C(=O)O)cc(N3CCOCC3)cc21. The molecule has 1 fully saturated rings. The van der Waals surface area contributed by atoms with Gasteiger partial charge in [-0.1, -0.05) is 23.7 Å². The molecule has 1 aliphatic rings. The Morgan fingerprint density at radius 3 is 2.71 bits per heavy atom. The zero-order valence-corrected chi connectivity index (χ0v) is 16.7. The molecule has 1 aliphatic heterocycles. The lowest BCUT2D eigenvalue weighted by Gasteiger charge is -2.29. The number of hydrogen-bond acceptors (Lipinski definition) is 4. The number of aryl methyl sites for hydroxylation is 1. The molecule has 2 aromatic carbocycles. The van der Waals surface area contributed by atoms with Crippen molar-refractivity contribution in [2.75, 3.05) is 31.2 Å². The molecule has 0 bridgehead atoms. The van der Waals surface area contributed by atoms with Gasteiger partial charge in [-0.3, -0.25) is 0 Å². The molecule has 1 saturated heterocycles. The maximum atomic E-state index is 11.9. The summed E-state index contributed by atoms with van der Waals surface area (Å²) in [6.45, 7) is 7.24. The molecule has 0 spiro atoms. The number of hydrogen-bond donors (Lipinski definition) is 1. The Balaban J connectivity index is 1.86. The molecule has 0 unspecified atom stereocenters. The number of morpholine rings is 1. The molecule has 6 nitrogen and oxygen atoms in total. The number of nitrogens with zero attached hydrogens (tertiary/aromatic N) is 3. The molecule has 1 N–H and O–H groups in total. The van der Waals surface area contributed by atoms with Gasteiger partial charge in [-0.2, -0.15) is 0 Å². The van der Waals surface area contributed by atoms with Crippen LogP contribution in [-0.2, 0) is 11.3 Å². The number of benzene rings is 2. The molecule has 0 aliphatic carbocycles.